The van der Waals surface area contributed by atoms with Gasteiger partial charge in [0, 0.05) is 23.1 Å². The number of rotatable bonds is 12. The Hall–Kier alpha value is -3.77. The zero-order chi connectivity index (χ0) is 30.1. The van der Waals surface area contributed by atoms with Gasteiger partial charge in [-0.3, -0.25) is 13.9 Å². The van der Waals surface area contributed by atoms with E-state index in [0.29, 0.717) is 17.8 Å². The molecule has 0 aliphatic rings. The lowest BCUT2D eigenvalue weighted by atomic mass is 10.0. The second kappa shape index (κ2) is 14.4. The van der Waals surface area contributed by atoms with Gasteiger partial charge in [-0.1, -0.05) is 60.7 Å². The SMILES string of the molecule is CCNC(=O)C(Cc1ccccc1)N(Cc1ccc(F)cc1)C(=O)CN(c1ccc(I)cc1)S(=O)(=O)c1ccccc1. The maximum absolute atomic E-state index is 14.2. The van der Waals surface area contributed by atoms with Crippen molar-refractivity contribution in [2.24, 2.45) is 0 Å². The molecule has 0 aromatic heterocycles. The molecule has 10 heteroatoms. The third-order valence-electron chi connectivity index (χ3n) is 6.61. The lowest BCUT2D eigenvalue weighted by Gasteiger charge is -2.33. The molecule has 0 saturated carbocycles. The minimum Gasteiger partial charge on any atom is -0.355 e. The average Bonchev–Trinajstić information content (AvgIpc) is 3.00. The first-order valence-corrected chi connectivity index (χ1v) is 15.9. The quantitative estimate of drug-likeness (QED) is 0.201. The highest BCUT2D eigenvalue weighted by Gasteiger charge is 2.34. The molecule has 218 valence electrons. The zero-order valence-corrected chi connectivity index (χ0v) is 26.0. The molecule has 0 spiro atoms. The number of sulfonamides is 1. The molecule has 0 fully saturated rings. The molecule has 42 heavy (non-hydrogen) atoms. The van der Waals surface area contributed by atoms with Gasteiger partial charge in [-0.15, -0.1) is 0 Å². The van der Waals surface area contributed by atoms with Crippen molar-refractivity contribution in [1.29, 1.82) is 0 Å². The Morgan fingerprint density at radius 2 is 1.43 bits per heavy atom. The minimum absolute atomic E-state index is 0.0281. The van der Waals surface area contributed by atoms with Crippen LogP contribution in [-0.4, -0.2) is 44.3 Å². The lowest BCUT2D eigenvalue weighted by Crippen LogP contribution is -2.53. The summed E-state index contributed by atoms with van der Waals surface area (Å²) in [6.07, 6.45) is 0.203. The number of anilines is 1. The Kier molecular flexibility index (Phi) is 10.7. The standard InChI is InChI=1S/C32H31FIN3O4S/c1-2-35-32(39)30(21-24-9-5-3-6-10-24)36(22-25-13-15-26(33)16-14-25)31(38)23-37(28-19-17-27(34)18-20-28)42(40,41)29-11-7-4-8-12-29/h3-20,30H,2,21-23H2,1H3,(H,35,39). The summed E-state index contributed by atoms with van der Waals surface area (Å²) in [4.78, 5) is 29.1. The Morgan fingerprint density at radius 1 is 0.833 bits per heavy atom. The summed E-state index contributed by atoms with van der Waals surface area (Å²) in [6, 6.07) is 28.7. The fraction of sp³-hybridized carbons (Fsp3) is 0.188. The number of hydrogen-bond donors (Lipinski definition) is 1. The van der Waals surface area contributed by atoms with Gasteiger partial charge in [-0.25, -0.2) is 12.8 Å². The molecule has 1 unspecified atom stereocenters. The van der Waals surface area contributed by atoms with Crippen molar-refractivity contribution in [3.8, 4) is 0 Å². The first-order valence-electron chi connectivity index (χ1n) is 13.4. The predicted molar refractivity (Wildman–Crippen MR) is 170 cm³/mol. The number of likely N-dealkylation sites (N-methyl/N-ethyl adjacent to an activating group) is 1. The Balaban J connectivity index is 1.78. The van der Waals surface area contributed by atoms with Crippen LogP contribution < -0.4 is 9.62 Å². The van der Waals surface area contributed by atoms with Crippen molar-refractivity contribution < 1.29 is 22.4 Å². The van der Waals surface area contributed by atoms with Gasteiger partial charge in [0.2, 0.25) is 11.8 Å². The second-order valence-corrected chi connectivity index (χ2v) is 12.7. The number of amides is 2. The molecule has 4 rings (SSSR count). The monoisotopic (exact) mass is 699 g/mol. The molecule has 7 nitrogen and oxygen atoms in total. The Bertz CT molecular complexity index is 1590. The fourth-order valence-electron chi connectivity index (χ4n) is 4.49. The minimum atomic E-state index is -4.16. The first-order chi connectivity index (χ1) is 20.2. The van der Waals surface area contributed by atoms with Crippen LogP contribution in [0.5, 0.6) is 0 Å². The fourth-order valence-corrected chi connectivity index (χ4v) is 6.28. The van der Waals surface area contributed by atoms with E-state index in [0.717, 1.165) is 13.4 Å². The molecular weight excluding hydrogens is 668 g/mol. The van der Waals surface area contributed by atoms with Crippen LogP contribution in [0.25, 0.3) is 0 Å². The molecule has 4 aromatic rings. The van der Waals surface area contributed by atoms with E-state index in [9.17, 15) is 22.4 Å². The molecule has 0 heterocycles. The first kappa shape index (κ1) is 31.2. The molecule has 2 amide bonds. The van der Waals surface area contributed by atoms with Crippen LogP contribution in [0.4, 0.5) is 10.1 Å². The number of nitrogens with one attached hydrogen (secondary N) is 1. The average molecular weight is 700 g/mol. The maximum atomic E-state index is 14.2. The Morgan fingerprint density at radius 3 is 2.02 bits per heavy atom. The highest BCUT2D eigenvalue weighted by atomic mass is 127. The maximum Gasteiger partial charge on any atom is 0.264 e. The summed E-state index contributed by atoms with van der Waals surface area (Å²) in [5, 5.41) is 2.82. The van der Waals surface area contributed by atoms with E-state index in [-0.39, 0.29) is 23.8 Å². The van der Waals surface area contributed by atoms with Gasteiger partial charge in [0.25, 0.3) is 10.0 Å². The molecule has 1 N–H and O–H groups in total. The van der Waals surface area contributed by atoms with Crippen LogP contribution in [-0.2, 0) is 32.6 Å². The van der Waals surface area contributed by atoms with E-state index in [4.69, 9.17) is 0 Å². The molecule has 1 atom stereocenters. The summed E-state index contributed by atoms with van der Waals surface area (Å²) < 4.78 is 43.5. The largest absolute Gasteiger partial charge is 0.355 e. The van der Waals surface area contributed by atoms with E-state index in [1.54, 1.807) is 61.5 Å². The smallest absolute Gasteiger partial charge is 0.264 e. The van der Waals surface area contributed by atoms with E-state index >= 15 is 0 Å². The third-order valence-corrected chi connectivity index (χ3v) is 9.12. The highest BCUT2D eigenvalue weighted by Crippen LogP contribution is 2.26. The van der Waals surface area contributed by atoms with Crippen molar-refractivity contribution in [3.63, 3.8) is 0 Å². The summed E-state index contributed by atoms with van der Waals surface area (Å²) >= 11 is 2.12. The van der Waals surface area contributed by atoms with Crippen LogP contribution in [0.3, 0.4) is 0 Å². The number of nitrogens with zero attached hydrogens (tertiary/aromatic N) is 2. The van der Waals surface area contributed by atoms with E-state index in [1.807, 2.05) is 30.3 Å². The number of carbonyl (C=O) groups excluding carboxylic acids is 2. The molecule has 0 radical (unpaired) electrons. The molecular formula is C32H31FIN3O4S. The molecule has 4 aromatic carbocycles. The van der Waals surface area contributed by atoms with Crippen LogP contribution in [0.2, 0.25) is 0 Å². The van der Waals surface area contributed by atoms with Gasteiger partial charge in [-0.05, 0) is 89.2 Å². The van der Waals surface area contributed by atoms with Gasteiger partial charge < -0.3 is 10.2 Å². The van der Waals surface area contributed by atoms with Gasteiger partial charge in [0.05, 0.1) is 10.6 Å². The van der Waals surface area contributed by atoms with Crippen LogP contribution >= 0.6 is 22.6 Å². The van der Waals surface area contributed by atoms with Crippen LogP contribution in [0.1, 0.15) is 18.1 Å². The number of halogens is 2. The predicted octanol–water partition coefficient (Wildman–Crippen LogP) is 5.40. The number of carbonyl (C=O) groups is 2. The normalized spacial score (nSPS) is 11.9. The summed E-state index contributed by atoms with van der Waals surface area (Å²) in [5.74, 6) is -1.38. The van der Waals surface area contributed by atoms with Gasteiger partial charge in [0.1, 0.15) is 18.4 Å². The van der Waals surface area contributed by atoms with E-state index in [1.165, 1.54) is 29.2 Å². The van der Waals surface area contributed by atoms with Gasteiger partial charge >= 0.3 is 0 Å². The second-order valence-electron chi connectivity index (χ2n) is 9.55. The topological polar surface area (TPSA) is 86.8 Å². The van der Waals surface area contributed by atoms with Crippen LogP contribution in [0, 0.1) is 9.39 Å². The molecule has 0 saturated heterocycles. The van der Waals surface area contributed by atoms with Gasteiger partial charge in [-0.2, -0.15) is 0 Å². The molecule has 0 bridgehead atoms. The third kappa shape index (κ3) is 7.95. The van der Waals surface area contributed by atoms with Crippen molar-refractivity contribution >= 4 is 50.1 Å². The Labute approximate surface area is 259 Å². The van der Waals surface area contributed by atoms with Crippen molar-refractivity contribution in [2.75, 3.05) is 17.4 Å². The summed E-state index contributed by atoms with van der Waals surface area (Å²) in [7, 11) is -4.16. The van der Waals surface area contributed by atoms with E-state index in [2.05, 4.69) is 27.9 Å². The van der Waals surface area contributed by atoms with E-state index < -0.39 is 34.3 Å². The van der Waals surface area contributed by atoms with Crippen molar-refractivity contribution in [2.45, 2.75) is 30.8 Å². The van der Waals surface area contributed by atoms with Gasteiger partial charge in [0.15, 0.2) is 0 Å². The lowest BCUT2D eigenvalue weighted by molar-refractivity contribution is -0.140. The highest BCUT2D eigenvalue weighted by molar-refractivity contribution is 14.1. The summed E-state index contributed by atoms with van der Waals surface area (Å²) in [5.41, 5.74) is 1.74. The van der Waals surface area contributed by atoms with Crippen molar-refractivity contribution in [1.82, 2.24) is 10.2 Å². The molecule has 0 aliphatic carbocycles. The summed E-state index contributed by atoms with van der Waals surface area (Å²) in [6.45, 7) is 1.55. The molecule has 0 aliphatic heterocycles. The number of benzene rings is 4. The van der Waals surface area contributed by atoms with Crippen LogP contribution in [0.15, 0.2) is 114 Å². The van der Waals surface area contributed by atoms with Crippen molar-refractivity contribution in [3.05, 3.63) is 130 Å². The zero-order valence-electron chi connectivity index (χ0n) is 23.0. The number of hydrogen-bond acceptors (Lipinski definition) is 4.